The zero-order valence-corrected chi connectivity index (χ0v) is 15.5. The van der Waals surface area contributed by atoms with Crippen molar-refractivity contribution in [1.29, 1.82) is 0 Å². The SMILES string of the molecule is O=C1OC(C=Cc2ccc(Cl)cc2Cl)=NC1=Cc1cccc(Cl)c1Cl. The third-order valence-corrected chi connectivity index (χ3v) is 4.67. The van der Waals surface area contributed by atoms with E-state index in [1.165, 1.54) is 6.08 Å². The third kappa shape index (κ3) is 4.25. The normalized spacial score (nSPS) is 15.8. The molecule has 126 valence electrons. The number of esters is 1. The molecule has 7 heteroatoms. The molecule has 0 aliphatic carbocycles. The number of carbonyl (C=O) groups excluding carboxylic acids is 1. The molecule has 1 aliphatic heterocycles. The van der Waals surface area contributed by atoms with Crippen molar-refractivity contribution in [3.63, 3.8) is 0 Å². The first-order chi connectivity index (χ1) is 11.9. The number of hydrogen-bond donors (Lipinski definition) is 0. The highest BCUT2D eigenvalue weighted by Crippen LogP contribution is 2.28. The van der Waals surface area contributed by atoms with Crippen LogP contribution in [-0.4, -0.2) is 11.9 Å². The molecule has 0 atom stereocenters. The Balaban J connectivity index is 1.86. The third-order valence-electron chi connectivity index (χ3n) is 3.28. The molecule has 0 N–H and O–H groups in total. The number of nitrogens with zero attached hydrogens (tertiary/aromatic N) is 1. The smallest absolute Gasteiger partial charge is 0.363 e. The Bertz CT molecular complexity index is 948. The van der Waals surface area contributed by atoms with Gasteiger partial charge >= 0.3 is 5.97 Å². The summed E-state index contributed by atoms with van der Waals surface area (Å²) in [6, 6.07) is 10.2. The molecule has 2 aromatic rings. The second-order valence-corrected chi connectivity index (χ2v) is 6.64. The fraction of sp³-hybridized carbons (Fsp3) is 0. The molecule has 0 aromatic heterocycles. The highest BCUT2D eigenvalue weighted by atomic mass is 35.5. The van der Waals surface area contributed by atoms with Crippen molar-refractivity contribution in [2.24, 2.45) is 4.99 Å². The number of cyclic esters (lactones) is 1. The van der Waals surface area contributed by atoms with Gasteiger partial charge in [-0.25, -0.2) is 9.79 Å². The van der Waals surface area contributed by atoms with Crippen LogP contribution in [0.25, 0.3) is 12.2 Å². The van der Waals surface area contributed by atoms with Crippen LogP contribution in [0, 0.1) is 0 Å². The summed E-state index contributed by atoms with van der Waals surface area (Å²) in [5.41, 5.74) is 1.43. The first-order valence-corrected chi connectivity index (χ1v) is 8.55. The standard InChI is InChI=1S/C18H9Cl4NO2/c19-12-6-4-10(14(21)9-12)5-7-16-23-15(18(24)25-16)8-11-2-1-3-13(20)17(11)22/h1-9H. The molecule has 3 nitrogen and oxygen atoms in total. The summed E-state index contributed by atoms with van der Waals surface area (Å²) in [6.45, 7) is 0. The summed E-state index contributed by atoms with van der Waals surface area (Å²) >= 11 is 24.0. The van der Waals surface area contributed by atoms with Gasteiger partial charge in [-0.3, -0.25) is 0 Å². The molecule has 3 rings (SSSR count). The Morgan fingerprint density at radius 2 is 1.72 bits per heavy atom. The van der Waals surface area contributed by atoms with E-state index in [4.69, 9.17) is 51.1 Å². The lowest BCUT2D eigenvalue weighted by Crippen LogP contribution is -2.01. The number of halogens is 4. The zero-order chi connectivity index (χ0) is 18.0. The van der Waals surface area contributed by atoms with Crippen molar-refractivity contribution < 1.29 is 9.53 Å². The van der Waals surface area contributed by atoms with Gasteiger partial charge in [-0.2, -0.15) is 0 Å². The number of rotatable bonds is 3. The van der Waals surface area contributed by atoms with Gasteiger partial charge in [0.05, 0.1) is 10.0 Å². The van der Waals surface area contributed by atoms with Crippen LogP contribution in [-0.2, 0) is 9.53 Å². The quantitative estimate of drug-likeness (QED) is 0.437. The molecule has 2 aromatic carbocycles. The molecule has 0 unspecified atom stereocenters. The van der Waals surface area contributed by atoms with Crippen LogP contribution in [0.1, 0.15) is 11.1 Å². The van der Waals surface area contributed by atoms with Gasteiger partial charge in [0.25, 0.3) is 0 Å². The topological polar surface area (TPSA) is 38.7 Å². The van der Waals surface area contributed by atoms with Crippen molar-refractivity contribution >= 4 is 70.4 Å². The highest BCUT2D eigenvalue weighted by Gasteiger charge is 2.21. The van der Waals surface area contributed by atoms with E-state index in [1.54, 1.807) is 48.6 Å². The predicted molar refractivity (Wildman–Crippen MR) is 103 cm³/mol. The Morgan fingerprint density at radius 1 is 0.920 bits per heavy atom. The van der Waals surface area contributed by atoms with Crippen molar-refractivity contribution in [3.05, 3.63) is 79.4 Å². The molecule has 0 bridgehead atoms. The second kappa shape index (κ2) is 7.63. The first kappa shape index (κ1) is 18.0. The van der Waals surface area contributed by atoms with E-state index in [0.29, 0.717) is 25.7 Å². The minimum Gasteiger partial charge on any atom is -0.403 e. The van der Waals surface area contributed by atoms with Gasteiger partial charge in [0.2, 0.25) is 5.90 Å². The van der Waals surface area contributed by atoms with Gasteiger partial charge in [0.15, 0.2) is 5.70 Å². The van der Waals surface area contributed by atoms with Crippen LogP contribution in [0.3, 0.4) is 0 Å². The van der Waals surface area contributed by atoms with E-state index >= 15 is 0 Å². The van der Waals surface area contributed by atoms with Crippen molar-refractivity contribution in [2.75, 3.05) is 0 Å². The van der Waals surface area contributed by atoms with Gasteiger partial charge in [0.1, 0.15) is 0 Å². The van der Waals surface area contributed by atoms with Gasteiger partial charge in [-0.15, -0.1) is 0 Å². The first-order valence-electron chi connectivity index (χ1n) is 7.04. The molecule has 0 radical (unpaired) electrons. The molecular formula is C18H9Cl4NO2. The van der Waals surface area contributed by atoms with Crippen LogP contribution in [0.2, 0.25) is 20.1 Å². The monoisotopic (exact) mass is 411 g/mol. The van der Waals surface area contributed by atoms with Crippen LogP contribution in [0.15, 0.2) is 53.2 Å². The van der Waals surface area contributed by atoms with Crippen LogP contribution >= 0.6 is 46.4 Å². The van der Waals surface area contributed by atoms with Gasteiger partial charge in [0, 0.05) is 16.1 Å². The lowest BCUT2D eigenvalue weighted by atomic mass is 10.2. The van der Waals surface area contributed by atoms with E-state index in [-0.39, 0.29) is 11.6 Å². The Hall–Kier alpha value is -1.78. The molecule has 1 aliphatic rings. The number of carbonyl (C=O) groups is 1. The average molecular weight is 413 g/mol. The Morgan fingerprint density at radius 3 is 2.48 bits per heavy atom. The molecule has 25 heavy (non-hydrogen) atoms. The second-order valence-electron chi connectivity index (χ2n) is 5.01. The van der Waals surface area contributed by atoms with E-state index < -0.39 is 5.97 Å². The fourth-order valence-electron chi connectivity index (χ4n) is 2.07. The molecule has 0 saturated heterocycles. The number of ether oxygens (including phenoxy) is 1. The lowest BCUT2D eigenvalue weighted by molar-refractivity contribution is -0.129. The summed E-state index contributed by atoms with van der Waals surface area (Å²) in [7, 11) is 0. The summed E-state index contributed by atoms with van der Waals surface area (Å²) in [6.07, 6.45) is 4.75. The average Bonchev–Trinajstić information content (AvgIpc) is 2.91. The van der Waals surface area contributed by atoms with E-state index in [0.717, 1.165) is 5.56 Å². The van der Waals surface area contributed by atoms with Gasteiger partial charge in [-0.1, -0.05) is 64.6 Å². The summed E-state index contributed by atoms with van der Waals surface area (Å²) in [5, 5.41) is 1.76. The molecule has 0 saturated carbocycles. The maximum atomic E-state index is 11.9. The molecule has 1 heterocycles. The lowest BCUT2D eigenvalue weighted by Gasteiger charge is -1.99. The summed E-state index contributed by atoms with van der Waals surface area (Å²) in [4.78, 5) is 16.1. The van der Waals surface area contributed by atoms with Crippen molar-refractivity contribution in [3.8, 4) is 0 Å². The fourth-order valence-corrected chi connectivity index (χ4v) is 2.91. The zero-order valence-electron chi connectivity index (χ0n) is 12.5. The van der Waals surface area contributed by atoms with Crippen molar-refractivity contribution in [1.82, 2.24) is 0 Å². The maximum absolute atomic E-state index is 11.9. The number of aliphatic imine (C=N–C) groups is 1. The van der Waals surface area contributed by atoms with E-state index in [2.05, 4.69) is 4.99 Å². The summed E-state index contributed by atoms with van der Waals surface area (Å²) < 4.78 is 5.11. The molecule has 0 spiro atoms. The maximum Gasteiger partial charge on any atom is 0.363 e. The molecule has 0 amide bonds. The summed E-state index contributed by atoms with van der Waals surface area (Å²) in [5.74, 6) is -0.418. The van der Waals surface area contributed by atoms with Crippen LogP contribution < -0.4 is 0 Å². The Labute approximate surface area is 164 Å². The van der Waals surface area contributed by atoms with Gasteiger partial charge < -0.3 is 4.74 Å². The van der Waals surface area contributed by atoms with Crippen molar-refractivity contribution in [2.45, 2.75) is 0 Å². The van der Waals surface area contributed by atoms with E-state index in [9.17, 15) is 4.79 Å². The number of hydrogen-bond acceptors (Lipinski definition) is 3. The molecular weight excluding hydrogens is 404 g/mol. The van der Waals surface area contributed by atoms with Crippen LogP contribution in [0.5, 0.6) is 0 Å². The van der Waals surface area contributed by atoms with Gasteiger partial charge in [-0.05, 0) is 41.5 Å². The largest absolute Gasteiger partial charge is 0.403 e. The molecule has 0 fully saturated rings. The predicted octanol–water partition coefficient (Wildman–Crippen LogP) is 6.31. The number of benzene rings is 2. The Kier molecular flexibility index (Phi) is 5.50. The highest BCUT2D eigenvalue weighted by molar-refractivity contribution is 6.43. The minimum atomic E-state index is -0.571. The van der Waals surface area contributed by atoms with Crippen LogP contribution in [0.4, 0.5) is 0 Å². The minimum absolute atomic E-state index is 0.131. The van der Waals surface area contributed by atoms with E-state index in [1.807, 2.05) is 0 Å².